The second-order valence-corrected chi connectivity index (χ2v) is 4.26. The molecule has 0 saturated heterocycles. The van der Waals surface area contributed by atoms with Gasteiger partial charge in [-0.05, 0) is 32.9 Å². The molecule has 0 atom stereocenters. The smallest absolute Gasteiger partial charge is 0.154 e. The van der Waals surface area contributed by atoms with Gasteiger partial charge in [0.15, 0.2) is 5.76 Å². The van der Waals surface area contributed by atoms with Crippen molar-refractivity contribution in [3.63, 3.8) is 0 Å². The molecule has 4 heteroatoms. The van der Waals surface area contributed by atoms with E-state index in [-0.39, 0.29) is 0 Å². The summed E-state index contributed by atoms with van der Waals surface area (Å²) < 4.78 is 5.30. The second kappa shape index (κ2) is 3.24. The lowest BCUT2D eigenvalue weighted by atomic mass is 10.1. The number of aromatic amines is 1. The maximum Gasteiger partial charge on any atom is 0.154 e. The molecule has 0 aliphatic heterocycles. The Bertz CT molecular complexity index is 449. The minimum Gasteiger partial charge on any atom is -0.463 e. The monoisotopic (exact) mass is 205 g/mol. The lowest BCUT2D eigenvalue weighted by Gasteiger charge is -2.14. The maximum absolute atomic E-state index is 5.97. The molecule has 0 saturated carbocycles. The summed E-state index contributed by atoms with van der Waals surface area (Å²) in [4.78, 5) is 7.63. The largest absolute Gasteiger partial charge is 0.463 e. The van der Waals surface area contributed by atoms with Crippen LogP contribution < -0.4 is 5.73 Å². The van der Waals surface area contributed by atoms with E-state index < -0.39 is 5.54 Å². The van der Waals surface area contributed by atoms with Gasteiger partial charge in [-0.2, -0.15) is 0 Å². The number of furan rings is 1. The number of H-pyrrole nitrogens is 1. The van der Waals surface area contributed by atoms with Crippen molar-refractivity contribution in [2.75, 3.05) is 0 Å². The predicted molar refractivity (Wildman–Crippen MR) is 58.2 cm³/mol. The minimum atomic E-state index is -0.463. The van der Waals surface area contributed by atoms with Crippen LogP contribution in [0.5, 0.6) is 0 Å². The molecule has 0 aliphatic rings. The van der Waals surface area contributed by atoms with Gasteiger partial charge in [0.05, 0.1) is 11.8 Å². The van der Waals surface area contributed by atoms with E-state index >= 15 is 0 Å². The Morgan fingerprint density at radius 3 is 2.67 bits per heavy atom. The molecule has 0 bridgehead atoms. The quantitative estimate of drug-likeness (QED) is 0.789. The molecule has 3 N–H and O–H groups in total. The summed E-state index contributed by atoms with van der Waals surface area (Å²) in [5.41, 5.74) is 7.30. The van der Waals surface area contributed by atoms with Crippen LogP contribution in [0.1, 0.15) is 25.4 Å². The number of imidazole rings is 1. The van der Waals surface area contributed by atoms with Gasteiger partial charge in [-0.3, -0.25) is 0 Å². The van der Waals surface area contributed by atoms with E-state index in [1.54, 1.807) is 6.26 Å². The Hall–Kier alpha value is -1.55. The first kappa shape index (κ1) is 9.98. The molecule has 2 rings (SSSR count). The number of rotatable bonds is 2. The molecule has 0 spiro atoms. The molecule has 0 aromatic carbocycles. The van der Waals surface area contributed by atoms with Gasteiger partial charge in [0.25, 0.3) is 0 Å². The van der Waals surface area contributed by atoms with E-state index in [0.717, 1.165) is 23.0 Å². The van der Waals surface area contributed by atoms with Gasteiger partial charge in [-0.25, -0.2) is 4.98 Å². The molecule has 0 radical (unpaired) electrons. The van der Waals surface area contributed by atoms with Crippen LogP contribution in [0.25, 0.3) is 11.5 Å². The summed E-state index contributed by atoms with van der Waals surface area (Å²) in [5, 5.41) is 0. The Morgan fingerprint density at radius 2 is 2.20 bits per heavy atom. The van der Waals surface area contributed by atoms with Gasteiger partial charge >= 0.3 is 0 Å². The fourth-order valence-electron chi connectivity index (χ4n) is 1.42. The average Bonchev–Trinajstić information content (AvgIpc) is 2.69. The summed E-state index contributed by atoms with van der Waals surface area (Å²) in [6.07, 6.45) is 1.64. The normalized spacial score (nSPS) is 12.0. The number of nitrogens with one attached hydrogen (secondary N) is 1. The Labute approximate surface area is 88.5 Å². The van der Waals surface area contributed by atoms with Gasteiger partial charge in [-0.15, -0.1) is 0 Å². The van der Waals surface area contributed by atoms with Crippen molar-refractivity contribution in [1.29, 1.82) is 0 Å². The van der Waals surface area contributed by atoms with Crippen molar-refractivity contribution in [1.82, 2.24) is 9.97 Å². The summed E-state index contributed by atoms with van der Waals surface area (Å²) in [6.45, 7) is 5.79. The third-order valence-corrected chi connectivity index (χ3v) is 2.25. The number of nitrogens with two attached hydrogens (primary N) is 1. The summed E-state index contributed by atoms with van der Waals surface area (Å²) in [6, 6.07) is 3.73. The summed E-state index contributed by atoms with van der Waals surface area (Å²) in [5.74, 6) is 1.53. The van der Waals surface area contributed by atoms with Gasteiger partial charge in [0.1, 0.15) is 11.5 Å². The molecule has 2 heterocycles. The molecule has 0 unspecified atom stereocenters. The fourth-order valence-corrected chi connectivity index (χ4v) is 1.42. The van der Waals surface area contributed by atoms with Crippen molar-refractivity contribution in [3.8, 4) is 11.5 Å². The molecular formula is C11H15N3O. The zero-order valence-corrected chi connectivity index (χ0v) is 9.16. The summed E-state index contributed by atoms with van der Waals surface area (Å²) in [7, 11) is 0. The SMILES string of the molecule is Cc1[nH]c(C(C)(C)N)nc1-c1ccco1. The molecular weight excluding hydrogens is 190 g/mol. The molecule has 2 aromatic rings. The first-order valence-corrected chi connectivity index (χ1v) is 4.88. The first-order chi connectivity index (χ1) is 6.98. The first-order valence-electron chi connectivity index (χ1n) is 4.88. The Balaban J connectivity index is 2.47. The van der Waals surface area contributed by atoms with Crippen LogP contribution in [0.4, 0.5) is 0 Å². The molecule has 2 aromatic heterocycles. The Kier molecular flexibility index (Phi) is 2.16. The van der Waals surface area contributed by atoms with E-state index in [0.29, 0.717) is 0 Å². The lowest BCUT2D eigenvalue weighted by molar-refractivity contribution is 0.519. The van der Waals surface area contributed by atoms with E-state index in [4.69, 9.17) is 10.2 Å². The number of hydrogen-bond donors (Lipinski definition) is 2. The second-order valence-electron chi connectivity index (χ2n) is 4.26. The molecule has 0 amide bonds. The number of nitrogens with zero attached hydrogens (tertiary/aromatic N) is 1. The zero-order valence-electron chi connectivity index (χ0n) is 9.16. The van der Waals surface area contributed by atoms with Crippen LogP contribution in [0, 0.1) is 6.92 Å². The van der Waals surface area contributed by atoms with Gasteiger partial charge < -0.3 is 15.1 Å². The molecule has 0 aliphatic carbocycles. The molecule has 15 heavy (non-hydrogen) atoms. The highest BCUT2D eigenvalue weighted by Crippen LogP contribution is 2.24. The maximum atomic E-state index is 5.97. The number of aromatic nitrogens is 2. The highest BCUT2D eigenvalue weighted by Gasteiger charge is 2.21. The van der Waals surface area contributed by atoms with Crippen molar-refractivity contribution < 1.29 is 4.42 Å². The van der Waals surface area contributed by atoms with Crippen LogP contribution in [0.2, 0.25) is 0 Å². The van der Waals surface area contributed by atoms with Crippen LogP contribution in [-0.2, 0) is 5.54 Å². The van der Waals surface area contributed by atoms with Gasteiger partial charge in [0, 0.05) is 5.69 Å². The van der Waals surface area contributed by atoms with Crippen molar-refractivity contribution in [2.45, 2.75) is 26.3 Å². The van der Waals surface area contributed by atoms with E-state index in [1.165, 1.54) is 0 Å². The highest BCUT2D eigenvalue weighted by atomic mass is 16.3. The van der Waals surface area contributed by atoms with E-state index in [1.807, 2.05) is 32.9 Å². The standard InChI is InChI=1S/C11H15N3O/c1-7-9(8-5-4-6-15-8)14-10(13-7)11(2,3)12/h4-6H,12H2,1-3H3,(H,13,14). The molecule has 4 nitrogen and oxygen atoms in total. The topological polar surface area (TPSA) is 67.8 Å². The van der Waals surface area contributed by atoms with E-state index in [9.17, 15) is 0 Å². The van der Waals surface area contributed by atoms with Gasteiger partial charge in [-0.1, -0.05) is 0 Å². The van der Waals surface area contributed by atoms with Crippen LogP contribution in [-0.4, -0.2) is 9.97 Å². The number of hydrogen-bond acceptors (Lipinski definition) is 3. The van der Waals surface area contributed by atoms with Crippen molar-refractivity contribution in [3.05, 3.63) is 29.9 Å². The average molecular weight is 205 g/mol. The van der Waals surface area contributed by atoms with Crippen molar-refractivity contribution in [2.24, 2.45) is 5.73 Å². The third kappa shape index (κ3) is 1.80. The predicted octanol–water partition coefficient (Wildman–Crippen LogP) is 2.17. The minimum absolute atomic E-state index is 0.463. The lowest BCUT2D eigenvalue weighted by Crippen LogP contribution is -2.30. The van der Waals surface area contributed by atoms with Crippen LogP contribution in [0.3, 0.4) is 0 Å². The molecule has 0 fully saturated rings. The summed E-state index contributed by atoms with van der Waals surface area (Å²) >= 11 is 0. The van der Waals surface area contributed by atoms with Gasteiger partial charge in [0.2, 0.25) is 0 Å². The highest BCUT2D eigenvalue weighted by molar-refractivity contribution is 5.55. The van der Waals surface area contributed by atoms with Crippen LogP contribution >= 0.6 is 0 Å². The fraction of sp³-hybridized carbons (Fsp3) is 0.364. The third-order valence-electron chi connectivity index (χ3n) is 2.25. The van der Waals surface area contributed by atoms with Crippen molar-refractivity contribution >= 4 is 0 Å². The van der Waals surface area contributed by atoms with Crippen LogP contribution in [0.15, 0.2) is 22.8 Å². The number of aryl methyl sites for hydroxylation is 1. The zero-order chi connectivity index (χ0) is 11.1. The van der Waals surface area contributed by atoms with E-state index in [2.05, 4.69) is 9.97 Å². The Morgan fingerprint density at radius 1 is 1.47 bits per heavy atom. The molecule has 80 valence electrons.